The van der Waals surface area contributed by atoms with Crippen LogP contribution in [-0.4, -0.2) is 56.2 Å². The van der Waals surface area contributed by atoms with Gasteiger partial charge in [-0.05, 0) is 67.3 Å². The number of furan rings is 1. The molecule has 0 aliphatic carbocycles. The molecule has 5 aromatic rings. The van der Waals surface area contributed by atoms with E-state index in [0.717, 1.165) is 54.0 Å². The van der Waals surface area contributed by atoms with E-state index in [-0.39, 0.29) is 31.1 Å². The summed E-state index contributed by atoms with van der Waals surface area (Å²) in [6.07, 6.45) is 4.62. The molecule has 9 nitrogen and oxygen atoms in total. The molecule has 40 heavy (non-hydrogen) atoms. The number of carboxylic acids is 1. The zero-order valence-electron chi connectivity index (χ0n) is 21.6. The second kappa shape index (κ2) is 10.7. The summed E-state index contributed by atoms with van der Waals surface area (Å²) < 4.78 is 7.39. The van der Waals surface area contributed by atoms with Gasteiger partial charge < -0.3 is 19.5 Å². The van der Waals surface area contributed by atoms with E-state index in [1.165, 1.54) is 0 Å². The topological polar surface area (TPSA) is 122 Å². The summed E-state index contributed by atoms with van der Waals surface area (Å²) in [5, 5.41) is 20.7. The second-order valence-corrected chi connectivity index (χ2v) is 10.5. The maximum absolute atomic E-state index is 13.1. The molecule has 3 aromatic heterocycles. The first-order valence-corrected chi connectivity index (χ1v) is 13.6. The maximum atomic E-state index is 13.1. The van der Waals surface area contributed by atoms with Crippen LogP contribution < -0.4 is 4.90 Å². The van der Waals surface area contributed by atoms with Crippen LogP contribution in [0.1, 0.15) is 36.0 Å². The molecule has 2 aromatic carbocycles. The Bertz CT molecular complexity index is 1720. The summed E-state index contributed by atoms with van der Waals surface area (Å²) in [4.78, 5) is 36.3. The lowest BCUT2D eigenvalue weighted by molar-refractivity contribution is -0.136. The summed E-state index contributed by atoms with van der Waals surface area (Å²) in [7, 11) is 0. The van der Waals surface area contributed by atoms with Crippen molar-refractivity contribution in [2.24, 2.45) is 5.92 Å². The van der Waals surface area contributed by atoms with Crippen molar-refractivity contribution in [1.82, 2.24) is 14.5 Å². The third-order valence-corrected chi connectivity index (χ3v) is 7.73. The van der Waals surface area contributed by atoms with E-state index in [0.29, 0.717) is 27.4 Å². The number of carboxylic acid groups (broad SMARTS) is 1. The van der Waals surface area contributed by atoms with E-state index in [4.69, 9.17) is 31.1 Å². The molecular weight excluding hydrogens is 532 g/mol. The molecule has 0 bridgehead atoms. The number of piperidine rings is 1. The number of ketones is 1. The van der Waals surface area contributed by atoms with Gasteiger partial charge in [0.25, 0.3) is 0 Å². The first-order chi connectivity index (χ1) is 19.4. The number of nitrogens with zero attached hydrogens (tertiary/aromatic N) is 4. The SMILES string of the molecule is O=C(O)CCC(=O)c1cn(-c2nc(N3CCC(CO)CC3)c3cc(-c4ccco4)ccc3n2)c2ccc(Cl)cc12. The van der Waals surface area contributed by atoms with Crippen molar-refractivity contribution in [3.05, 3.63) is 71.6 Å². The van der Waals surface area contributed by atoms with Crippen molar-refractivity contribution in [2.45, 2.75) is 25.7 Å². The summed E-state index contributed by atoms with van der Waals surface area (Å²) in [5.74, 6) is 0.843. The third-order valence-electron chi connectivity index (χ3n) is 7.49. The van der Waals surface area contributed by atoms with Crippen LogP contribution in [0.2, 0.25) is 5.02 Å². The molecule has 204 valence electrons. The molecule has 0 unspecified atom stereocenters. The Kier molecular flexibility index (Phi) is 7.00. The van der Waals surface area contributed by atoms with Gasteiger partial charge in [-0.15, -0.1) is 0 Å². The van der Waals surface area contributed by atoms with Crippen molar-refractivity contribution >= 4 is 51.0 Å². The van der Waals surface area contributed by atoms with Crippen molar-refractivity contribution in [3.63, 3.8) is 0 Å². The number of hydrogen-bond acceptors (Lipinski definition) is 7. The number of aromatic nitrogens is 3. The van der Waals surface area contributed by atoms with Crippen LogP contribution in [0, 0.1) is 5.92 Å². The molecule has 1 fully saturated rings. The molecule has 1 aliphatic heterocycles. The highest BCUT2D eigenvalue weighted by molar-refractivity contribution is 6.31. The molecule has 0 atom stereocenters. The van der Waals surface area contributed by atoms with E-state index in [2.05, 4.69) is 4.90 Å². The van der Waals surface area contributed by atoms with E-state index in [1.54, 1.807) is 29.2 Å². The lowest BCUT2D eigenvalue weighted by Gasteiger charge is -2.32. The zero-order valence-corrected chi connectivity index (χ0v) is 22.3. The van der Waals surface area contributed by atoms with Crippen LogP contribution in [0.4, 0.5) is 5.82 Å². The smallest absolute Gasteiger partial charge is 0.303 e. The van der Waals surface area contributed by atoms with Crippen molar-refractivity contribution in [2.75, 3.05) is 24.6 Å². The Labute approximate surface area is 234 Å². The van der Waals surface area contributed by atoms with E-state index < -0.39 is 5.97 Å². The number of Topliss-reactive ketones (excluding diaryl/α,β-unsaturated/α-hetero) is 1. The average Bonchev–Trinajstić information content (AvgIpc) is 3.64. The minimum atomic E-state index is -1.03. The number of carbonyl (C=O) groups excluding carboxylic acids is 1. The first-order valence-electron chi connectivity index (χ1n) is 13.2. The van der Waals surface area contributed by atoms with Gasteiger partial charge >= 0.3 is 5.97 Å². The maximum Gasteiger partial charge on any atom is 0.303 e. The van der Waals surface area contributed by atoms with Crippen LogP contribution in [0.15, 0.2) is 65.4 Å². The predicted molar refractivity (Wildman–Crippen MR) is 152 cm³/mol. The lowest BCUT2D eigenvalue weighted by Crippen LogP contribution is -2.35. The van der Waals surface area contributed by atoms with E-state index in [1.807, 2.05) is 36.4 Å². The fourth-order valence-corrected chi connectivity index (χ4v) is 5.49. The van der Waals surface area contributed by atoms with Gasteiger partial charge in [-0.25, -0.2) is 4.98 Å². The van der Waals surface area contributed by atoms with Gasteiger partial charge in [0.1, 0.15) is 11.6 Å². The number of aliphatic hydroxyl groups excluding tert-OH is 1. The normalized spacial score (nSPS) is 14.3. The van der Waals surface area contributed by atoms with E-state index in [9.17, 15) is 14.7 Å². The van der Waals surface area contributed by atoms with Crippen molar-refractivity contribution < 1.29 is 24.2 Å². The molecule has 4 heterocycles. The van der Waals surface area contributed by atoms with Gasteiger partial charge in [0.2, 0.25) is 5.95 Å². The number of anilines is 1. The molecule has 0 spiro atoms. The Balaban J connectivity index is 1.51. The van der Waals surface area contributed by atoms with Gasteiger partial charge in [0.15, 0.2) is 5.78 Å². The highest BCUT2D eigenvalue weighted by atomic mass is 35.5. The number of rotatable bonds is 8. The molecule has 1 aliphatic rings. The fraction of sp³-hybridized carbons (Fsp3) is 0.267. The zero-order chi connectivity index (χ0) is 27.8. The van der Waals surface area contributed by atoms with Gasteiger partial charge in [0, 0.05) is 59.2 Å². The minimum Gasteiger partial charge on any atom is -0.481 e. The Hall–Kier alpha value is -4.21. The highest BCUT2D eigenvalue weighted by Crippen LogP contribution is 2.34. The van der Waals surface area contributed by atoms with Crippen molar-refractivity contribution in [1.29, 1.82) is 0 Å². The number of hydrogen-bond donors (Lipinski definition) is 2. The Morgan fingerprint density at radius 1 is 1.02 bits per heavy atom. The summed E-state index contributed by atoms with van der Waals surface area (Å²) in [5.41, 5.74) is 2.71. The number of halogens is 1. The number of fused-ring (bicyclic) bond motifs is 2. The Morgan fingerprint density at radius 2 is 1.85 bits per heavy atom. The first kappa shape index (κ1) is 26.0. The van der Waals surface area contributed by atoms with Gasteiger partial charge in [-0.2, -0.15) is 4.98 Å². The monoisotopic (exact) mass is 558 g/mol. The Morgan fingerprint density at radius 3 is 2.58 bits per heavy atom. The summed E-state index contributed by atoms with van der Waals surface area (Å²) in [6.45, 7) is 1.65. The third kappa shape index (κ3) is 4.94. The van der Waals surface area contributed by atoms with Crippen LogP contribution in [-0.2, 0) is 4.79 Å². The van der Waals surface area contributed by atoms with Crippen LogP contribution in [0.5, 0.6) is 0 Å². The van der Waals surface area contributed by atoms with Crippen LogP contribution in [0.3, 0.4) is 0 Å². The molecule has 2 N–H and O–H groups in total. The molecule has 6 rings (SSSR count). The molecule has 10 heteroatoms. The predicted octanol–water partition coefficient (Wildman–Crippen LogP) is 5.74. The largest absolute Gasteiger partial charge is 0.481 e. The summed E-state index contributed by atoms with van der Waals surface area (Å²) in [6, 6.07) is 14.9. The molecule has 1 saturated heterocycles. The van der Waals surface area contributed by atoms with Gasteiger partial charge in [-0.1, -0.05) is 11.6 Å². The van der Waals surface area contributed by atoms with Crippen LogP contribution in [0.25, 0.3) is 39.1 Å². The van der Waals surface area contributed by atoms with Gasteiger partial charge in [-0.3, -0.25) is 14.2 Å². The number of aliphatic carboxylic acids is 1. The van der Waals surface area contributed by atoms with Crippen LogP contribution >= 0.6 is 11.6 Å². The number of aliphatic hydroxyl groups is 1. The van der Waals surface area contributed by atoms with Gasteiger partial charge in [0.05, 0.1) is 23.7 Å². The number of carbonyl (C=O) groups is 2. The number of benzene rings is 2. The molecule has 0 amide bonds. The highest BCUT2D eigenvalue weighted by Gasteiger charge is 2.24. The lowest BCUT2D eigenvalue weighted by atomic mass is 9.97. The summed E-state index contributed by atoms with van der Waals surface area (Å²) >= 11 is 6.29. The quantitative estimate of drug-likeness (QED) is 0.231. The molecule has 0 radical (unpaired) electrons. The van der Waals surface area contributed by atoms with Crippen molar-refractivity contribution in [3.8, 4) is 17.3 Å². The molecule has 0 saturated carbocycles. The minimum absolute atomic E-state index is 0.125. The second-order valence-electron chi connectivity index (χ2n) is 10.1. The molecular formula is C30H27ClN4O5. The van der Waals surface area contributed by atoms with E-state index >= 15 is 0 Å². The average molecular weight is 559 g/mol. The standard InChI is InChI=1S/C30H27ClN4O5/c31-20-4-6-25-21(15-20)23(26(37)7-8-28(38)39)16-35(25)30-32-24-5-3-19(27-2-1-13-40-27)14-22(24)29(33-30)34-11-9-18(17-36)10-12-34/h1-6,13-16,18,36H,7-12,17H2,(H,38,39). The fourth-order valence-electron chi connectivity index (χ4n) is 5.32.